The largest absolute Gasteiger partial charge is 0.493 e. The second kappa shape index (κ2) is 10.8. The van der Waals surface area contributed by atoms with Crippen LogP contribution in [0.2, 0.25) is 0 Å². The molecule has 2 aromatic rings. The molecule has 154 valence electrons. The van der Waals surface area contributed by atoms with E-state index >= 15 is 0 Å². The lowest BCUT2D eigenvalue weighted by Gasteiger charge is -2.20. The fraction of sp³-hybridized carbons (Fsp3) is 0.273. The summed E-state index contributed by atoms with van der Waals surface area (Å²) in [5.41, 5.74) is 1.25. The molecule has 29 heavy (non-hydrogen) atoms. The van der Waals surface area contributed by atoms with Crippen LogP contribution in [0.4, 0.5) is 10.1 Å². The highest BCUT2D eigenvalue weighted by Crippen LogP contribution is 2.28. The third-order valence-electron chi connectivity index (χ3n) is 3.99. The lowest BCUT2D eigenvalue weighted by atomic mass is 10.2. The highest BCUT2D eigenvalue weighted by molar-refractivity contribution is 5.96. The molecule has 0 radical (unpaired) electrons. The van der Waals surface area contributed by atoms with Crippen LogP contribution in [-0.4, -0.2) is 38.7 Å². The van der Waals surface area contributed by atoms with Gasteiger partial charge in [0.05, 0.1) is 13.7 Å². The van der Waals surface area contributed by atoms with E-state index < -0.39 is 18.5 Å². The van der Waals surface area contributed by atoms with E-state index in [0.29, 0.717) is 30.3 Å². The second-order valence-corrected chi connectivity index (χ2v) is 5.90. The number of likely N-dealkylation sites (N-methyl/N-ethyl adjacent to an activating group) is 1. The van der Waals surface area contributed by atoms with Crippen LogP contribution in [0.5, 0.6) is 11.5 Å². The van der Waals surface area contributed by atoms with E-state index in [-0.39, 0.29) is 5.82 Å². The summed E-state index contributed by atoms with van der Waals surface area (Å²) in [6, 6.07) is 10.8. The fourth-order valence-corrected chi connectivity index (χ4v) is 2.61. The van der Waals surface area contributed by atoms with Crippen molar-refractivity contribution >= 4 is 23.6 Å². The van der Waals surface area contributed by atoms with Gasteiger partial charge in [0, 0.05) is 18.3 Å². The minimum absolute atomic E-state index is 0.365. The Kier molecular flexibility index (Phi) is 8.21. The van der Waals surface area contributed by atoms with Crippen LogP contribution < -0.4 is 14.4 Å². The minimum Gasteiger partial charge on any atom is -0.493 e. The summed E-state index contributed by atoms with van der Waals surface area (Å²) in [6.07, 6.45) is 2.79. The first kappa shape index (κ1) is 21.9. The summed E-state index contributed by atoms with van der Waals surface area (Å²) in [5, 5.41) is 0. The van der Waals surface area contributed by atoms with Crippen LogP contribution in [0.3, 0.4) is 0 Å². The Morgan fingerprint density at radius 1 is 1.07 bits per heavy atom. The number of carbonyl (C=O) groups is 2. The number of amides is 1. The first-order valence-electron chi connectivity index (χ1n) is 9.20. The highest BCUT2D eigenvalue weighted by Gasteiger charge is 2.15. The Bertz CT molecular complexity index is 864. The van der Waals surface area contributed by atoms with Crippen LogP contribution in [0, 0.1) is 5.82 Å². The number of nitrogens with zero attached hydrogens (tertiary/aromatic N) is 1. The van der Waals surface area contributed by atoms with Gasteiger partial charge in [-0.2, -0.15) is 0 Å². The molecule has 0 spiro atoms. The van der Waals surface area contributed by atoms with Gasteiger partial charge in [0.1, 0.15) is 5.82 Å². The number of rotatable bonds is 9. The Morgan fingerprint density at radius 2 is 1.79 bits per heavy atom. The number of benzene rings is 2. The van der Waals surface area contributed by atoms with Crippen molar-refractivity contribution in [1.82, 2.24) is 0 Å². The van der Waals surface area contributed by atoms with E-state index in [1.807, 2.05) is 6.92 Å². The van der Waals surface area contributed by atoms with E-state index in [9.17, 15) is 14.0 Å². The van der Waals surface area contributed by atoms with Crippen molar-refractivity contribution in [2.24, 2.45) is 0 Å². The molecule has 2 rings (SSSR count). The molecule has 0 aliphatic rings. The molecular formula is C22H24FNO5. The van der Waals surface area contributed by atoms with Gasteiger partial charge >= 0.3 is 5.97 Å². The summed E-state index contributed by atoms with van der Waals surface area (Å²) < 4.78 is 28.8. The van der Waals surface area contributed by atoms with Gasteiger partial charge in [-0.15, -0.1) is 0 Å². The molecule has 0 aliphatic carbocycles. The number of hydrogen-bond donors (Lipinski definition) is 0. The van der Waals surface area contributed by atoms with Gasteiger partial charge < -0.3 is 19.1 Å². The van der Waals surface area contributed by atoms with Gasteiger partial charge in [0.15, 0.2) is 18.1 Å². The molecule has 0 aliphatic heterocycles. The molecule has 0 atom stereocenters. The summed E-state index contributed by atoms with van der Waals surface area (Å²) in [7, 11) is 1.53. The van der Waals surface area contributed by atoms with Gasteiger partial charge in [-0.1, -0.05) is 6.07 Å². The summed E-state index contributed by atoms with van der Waals surface area (Å²) in [6.45, 7) is 4.12. The number of carbonyl (C=O) groups excluding carboxylic acids is 2. The Balaban J connectivity index is 1.94. The van der Waals surface area contributed by atoms with Crippen LogP contribution in [0.15, 0.2) is 48.5 Å². The van der Waals surface area contributed by atoms with E-state index in [1.54, 1.807) is 31.2 Å². The highest BCUT2D eigenvalue weighted by atomic mass is 19.1. The van der Waals surface area contributed by atoms with Crippen molar-refractivity contribution in [3.63, 3.8) is 0 Å². The third kappa shape index (κ3) is 6.34. The van der Waals surface area contributed by atoms with Gasteiger partial charge in [0.25, 0.3) is 5.91 Å². The quantitative estimate of drug-likeness (QED) is 0.472. The molecule has 0 fully saturated rings. The molecule has 0 unspecified atom stereocenters. The standard InChI is InChI=1S/C22H24FNO5/c1-4-24(18-10-8-17(23)9-11-18)21(25)15-29-22(26)13-7-16-6-12-19(28-5-2)20(14-16)27-3/h6-14H,4-5,15H2,1-3H3/b13-7+. The summed E-state index contributed by atoms with van der Waals surface area (Å²) >= 11 is 0. The number of esters is 1. The minimum atomic E-state index is -0.652. The molecule has 0 heterocycles. The van der Waals surface area contributed by atoms with Gasteiger partial charge in [-0.3, -0.25) is 4.79 Å². The Hall–Kier alpha value is -3.35. The normalized spacial score (nSPS) is 10.6. The van der Waals surface area contributed by atoms with Gasteiger partial charge in [-0.25, -0.2) is 9.18 Å². The van der Waals surface area contributed by atoms with E-state index in [4.69, 9.17) is 14.2 Å². The van der Waals surface area contributed by atoms with Crippen molar-refractivity contribution in [3.05, 3.63) is 59.9 Å². The molecule has 0 saturated heterocycles. The lowest BCUT2D eigenvalue weighted by Crippen LogP contribution is -2.34. The molecule has 2 aromatic carbocycles. The topological polar surface area (TPSA) is 65.1 Å². The van der Waals surface area contributed by atoms with Crippen molar-refractivity contribution in [2.75, 3.05) is 31.8 Å². The number of halogens is 1. The third-order valence-corrected chi connectivity index (χ3v) is 3.99. The second-order valence-electron chi connectivity index (χ2n) is 5.90. The molecule has 0 bridgehead atoms. The zero-order valence-corrected chi connectivity index (χ0v) is 16.7. The molecule has 6 nitrogen and oxygen atoms in total. The van der Waals surface area contributed by atoms with Crippen molar-refractivity contribution in [1.29, 1.82) is 0 Å². The number of anilines is 1. The lowest BCUT2D eigenvalue weighted by molar-refractivity contribution is -0.142. The smallest absolute Gasteiger partial charge is 0.331 e. The molecule has 0 aromatic heterocycles. The monoisotopic (exact) mass is 401 g/mol. The van der Waals surface area contributed by atoms with E-state index in [2.05, 4.69) is 0 Å². The van der Waals surface area contributed by atoms with Crippen LogP contribution in [-0.2, 0) is 14.3 Å². The summed E-state index contributed by atoms with van der Waals surface area (Å²) in [5.74, 6) is -0.277. The Morgan fingerprint density at radius 3 is 2.41 bits per heavy atom. The van der Waals surface area contributed by atoms with Crippen LogP contribution >= 0.6 is 0 Å². The number of hydrogen-bond acceptors (Lipinski definition) is 5. The molecule has 0 saturated carbocycles. The molecule has 1 amide bonds. The SMILES string of the molecule is CCOc1ccc(/C=C/C(=O)OCC(=O)N(CC)c2ccc(F)cc2)cc1OC. The van der Waals surface area contributed by atoms with E-state index in [0.717, 1.165) is 5.56 Å². The van der Waals surface area contributed by atoms with Gasteiger partial charge in [0.2, 0.25) is 0 Å². The van der Waals surface area contributed by atoms with E-state index in [1.165, 1.54) is 42.4 Å². The maximum Gasteiger partial charge on any atom is 0.331 e. The fourth-order valence-electron chi connectivity index (χ4n) is 2.61. The van der Waals surface area contributed by atoms with Crippen LogP contribution in [0.25, 0.3) is 6.08 Å². The first-order chi connectivity index (χ1) is 14.0. The maximum atomic E-state index is 13.0. The predicted octanol–water partition coefficient (Wildman–Crippen LogP) is 3.84. The van der Waals surface area contributed by atoms with Crippen molar-refractivity contribution in [3.8, 4) is 11.5 Å². The number of ether oxygens (including phenoxy) is 3. The average molecular weight is 401 g/mol. The Labute approximate surface area is 169 Å². The molecule has 7 heteroatoms. The first-order valence-corrected chi connectivity index (χ1v) is 9.20. The summed E-state index contributed by atoms with van der Waals surface area (Å²) in [4.78, 5) is 25.7. The van der Waals surface area contributed by atoms with Crippen molar-refractivity contribution in [2.45, 2.75) is 13.8 Å². The number of methoxy groups -OCH3 is 1. The molecular weight excluding hydrogens is 377 g/mol. The van der Waals surface area contributed by atoms with Crippen molar-refractivity contribution < 1.29 is 28.2 Å². The average Bonchev–Trinajstić information content (AvgIpc) is 2.73. The predicted molar refractivity (Wildman–Crippen MR) is 109 cm³/mol. The maximum absolute atomic E-state index is 13.0. The zero-order chi connectivity index (χ0) is 21.2. The zero-order valence-electron chi connectivity index (χ0n) is 16.7. The van der Waals surface area contributed by atoms with Gasteiger partial charge in [-0.05, 0) is 61.9 Å². The molecule has 0 N–H and O–H groups in total. The van der Waals surface area contributed by atoms with Crippen LogP contribution in [0.1, 0.15) is 19.4 Å².